The molecule has 0 aromatic heterocycles. The van der Waals surface area contributed by atoms with E-state index in [0.29, 0.717) is 6.42 Å². The Morgan fingerprint density at radius 2 is 0.824 bits per heavy atom. The fraction of sp³-hybridized carbons (Fsp3) is 0.717. The van der Waals surface area contributed by atoms with Gasteiger partial charge in [0.1, 0.15) is 12.6 Å². The van der Waals surface area contributed by atoms with Gasteiger partial charge >= 0.3 is 11.9 Å². The van der Waals surface area contributed by atoms with Crippen molar-refractivity contribution in [1.29, 1.82) is 0 Å². The molecule has 8 heteroatoms. The van der Waals surface area contributed by atoms with Gasteiger partial charge in [-0.05, 0) is 89.9 Å². The minimum absolute atomic E-state index is 0.0248. The predicted octanol–water partition coefficient (Wildman–Crippen LogP) is 15.1. The summed E-state index contributed by atoms with van der Waals surface area (Å²) < 4.78 is 17.2. The number of nitrogens with zero attached hydrogens (tertiary/aromatic N) is 1. The van der Waals surface area contributed by atoms with Gasteiger partial charge in [-0.25, -0.2) is 0 Å². The van der Waals surface area contributed by atoms with Gasteiger partial charge in [-0.15, -0.1) is 0 Å². The Morgan fingerprint density at radius 1 is 0.456 bits per heavy atom. The Balaban J connectivity index is 4.28. The van der Waals surface area contributed by atoms with Gasteiger partial charge in [0.2, 0.25) is 0 Å². The average molecular weight is 950 g/mol. The van der Waals surface area contributed by atoms with Crippen LogP contribution in [0.15, 0.2) is 85.1 Å². The first-order valence-corrected chi connectivity index (χ1v) is 27.6. The van der Waals surface area contributed by atoms with Gasteiger partial charge in [-0.1, -0.05) is 202 Å². The monoisotopic (exact) mass is 950 g/mol. The number of ether oxygens (including phenoxy) is 3. The van der Waals surface area contributed by atoms with E-state index in [4.69, 9.17) is 14.2 Å². The topological polar surface area (TPSA) is 102 Å². The van der Waals surface area contributed by atoms with Crippen LogP contribution in [0.4, 0.5) is 0 Å². The Bertz CT molecular complexity index is 1380. The molecule has 0 saturated carbocycles. The molecule has 0 amide bonds. The number of carboxylic acids is 1. The van der Waals surface area contributed by atoms with Crippen molar-refractivity contribution in [3.8, 4) is 0 Å². The molecule has 0 heterocycles. The van der Waals surface area contributed by atoms with Crippen molar-refractivity contribution in [2.24, 2.45) is 0 Å². The number of hydrogen-bond acceptors (Lipinski definition) is 7. The molecule has 0 aromatic carbocycles. The highest BCUT2D eigenvalue weighted by molar-refractivity contribution is 5.70. The van der Waals surface area contributed by atoms with Crippen molar-refractivity contribution >= 4 is 17.9 Å². The van der Waals surface area contributed by atoms with Crippen molar-refractivity contribution in [3.05, 3.63) is 85.1 Å². The second kappa shape index (κ2) is 49.9. The minimum atomic E-state index is -1.13. The summed E-state index contributed by atoms with van der Waals surface area (Å²) in [7, 11) is 5.40. The van der Waals surface area contributed by atoms with Gasteiger partial charge in [0.25, 0.3) is 0 Å². The Morgan fingerprint density at radius 3 is 1.24 bits per heavy atom. The molecule has 0 radical (unpaired) electrons. The largest absolute Gasteiger partial charge is 0.544 e. The fourth-order valence-corrected chi connectivity index (χ4v) is 7.78. The van der Waals surface area contributed by atoms with E-state index in [2.05, 4.69) is 98.9 Å². The van der Waals surface area contributed by atoms with Crippen LogP contribution in [0.5, 0.6) is 0 Å². The van der Waals surface area contributed by atoms with Crippen LogP contribution in [0.3, 0.4) is 0 Å². The van der Waals surface area contributed by atoms with Crippen LogP contribution in [0, 0.1) is 0 Å². The second-order valence-electron chi connectivity index (χ2n) is 19.4. The molecule has 8 nitrogen and oxygen atoms in total. The van der Waals surface area contributed by atoms with Crippen LogP contribution < -0.4 is 5.11 Å². The van der Waals surface area contributed by atoms with E-state index < -0.39 is 18.1 Å². The zero-order chi connectivity index (χ0) is 49.9. The van der Waals surface area contributed by atoms with Gasteiger partial charge in [0, 0.05) is 19.3 Å². The molecule has 2 atom stereocenters. The molecule has 0 spiro atoms. The first kappa shape index (κ1) is 64.5. The molecule has 0 rings (SSSR count). The molecule has 0 aliphatic rings. The number of hydrogen-bond donors (Lipinski definition) is 0. The maximum atomic E-state index is 12.8. The van der Waals surface area contributed by atoms with Gasteiger partial charge in [-0.3, -0.25) is 9.59 Å². The van der Waals surface area contributed by atoms with Crippen LogP contribution in [-0.2, 0) is 28.6 Å². The summed E-state index contributed by atoms with van der Waals surface area (Å²) in [6.45, 7) is 4.53. The zero-order valence-corrected chi connectivity index (χ0v) is 44.5. The number of esters is 2. The molecule has 0 aliphatic heterocycles. The molecule has 0 N–H and O–H groups in total. The number of carbonyl (C=O) groups is 3. The molecule has 0 bridgehead atoms. The lowest BCUT2D eigenvalue weighted by Crippen LogP contribution is -2.55. The lowest BCUT2D eigenvalue weighted by atomic mass is 10.1. The molecular formula is C60H103NO7. The van der Waals surface area contributed by atoms with Crippen LogP contribution in [0.1, 0.15) is 226 Å². The quantitative estimate of drug-likeness (QED) is 0.0259. The van der Waals surface area contributed by atoms with Gasteiger partial charge < -0.3 is 28.6 Å². The lowest BCUT2D eigenvalue weighted by molar-refractivity contribution is -0.889. The van der Waals surface area contributed by atoms with Crippen molar-refractivity contribution in [2.45, 2.75) is 238 Å². The van der Waals surface area contributed by atoms with E-state index in [1.807, 2.05) is 0 Å². The maximum absolute atomic E-state index is 12.8. The summed E-state index contributed by atoms with van der Waals surface area (Å²) in [6, 6.07) is -0.737. The molecule has 390 valence electrons. The molecule has 68 heavy (non-hydrogen) atoms. The van der Waals surface area contributed by atoms with Gasteiger partial charge in [0.15, 0.2) is 6.10 Å². The Hall–Kier alpha value is -3.49. The number of aliphatic carboxylic acids is 1. The van der Waals surface area contributed by atoms with E-state index in [0.717, 1.165) is 89.9 Å². The number of likely N-dealkylation sites (N-methyl/N-ethyl adjacent to an activating group) is 1. The number of rotatable bonds is 49. The summed E-state index contributed by atoms with van der Waals surface area (Å²) >= 11 is 0. The zero-order valence-electron chi connectivity index (χ0n) is 44.5. The molecular weight excluding hydrogens is 847 g/mol. The van der Waals surface area contributed by atoms with Crippen LogP contribution in [0.25, 0.3) is 0 Å². The predicted molar refractivity (Wildman–Crippen MR) is 286 cm³/mol. The summed E-state index contributed by atoms with van der Waals surface area (Å²) in [5, 5.41) is 11.7. The van der Waals surface area contributed by atoms with Crippen LogP contribution in [-0.4, -0.2) is 75.5 Å². The van der Waals surface area contributed by atoms with E-state index >= 15 is 0 Å². The summed E-state index contributed by atoms with van der Waals surface area (Å²) in [4.78, 5) is 37.1. The van der Waals surface area contributed by atoms with Crippen molar-refractivity contribution in [2.75, 3.05) is 41.0 Å². The molecule has 0 fully saturated rings. The van der Waals surface area contributed by atoms with E-state index in [-0.39, 0.29) is 49.1 Å². The lowest BCUT2D eigenvalue weighted by Gasteiger charge is -2.34. The molecule has 0 aromatic rings. The molecule has 0 saturated heterocycles. The molecule has 2 unspecified atom stereocenters. The highest BCUT2D eigenvalue weighted by Gasteiger charge is 2.25. The van der Waals surface area contributed by atoms with Crippen molar-refractivity contribution in [3.63, 3.8) is 0 Å². The third kappa shape index (κ3) is 47.6. The number of carboxylic acid groups (broad SMARTS) is 1. The highest BCUT2D eigenvalue weighted by atomic mass is 16.6. The maximum Gasteiger partial charge on any atom is 0.306 e. The van der Waals surface area contributed by atoms with Crippen LogP contribution >= 0.6 is 0 Å². The van der Waals surface area contributed by atoms with Gasteiger partial charge in [0.05, 0.1) is 40.3 Å². The van der Waals surface area contributed by atoms with Crippen molar-refractivity contribution < 1.29 is 38.2 Å². The standard InChI is InChI=1S/C60H103NO7/c1-6-8-10-12-14-16-18-20-22-24-26-28-29-31-33-35-37-39-41-43-45-47-49-51-59(63)68-56(54-66-53-52-57(60(64)65)61(3,4)5)55-67-58(62)50-48-46-44-42-40-38-36-34-32-30-27-25-23-21-19-17-15-13-11-9-7-2/h8,10,14,16,20,22,26,28,30-33,37,39,56-57H,6-7,9,11-13,15,17-19,21,23-25,27,29,34-36,38,40-55H2,1-5H3/b10-8+,16-14+,22-20+,28-26+,32-30+,33-31+,39-37+. The smallest absolute Gasteiger partial charge is 0.306 e. The third-order valence-corrected chi connectivity index (χ3v) is 12.0. The Kier molecular flexibility index (Phi) is 47.4. The first-order valence-electron chi connectivity index (χ1n) is 27.6. The first-order chi connectivity index (χ1) is 33.1. The van der Waals surface area contributed by atoms with E-state index in [1.165, 1.54) is 103 Å². The van der Waals surface area contributed by atoms with E-state index in [9.17, 15) is 19.5 Å². The van der Waals surface area contributed by atoms with Crippen LogP contribution in [0.2, 0.25) is 0 Å². The summed E-state index contributed by atoms with van der Waals surface area (Å²) in [5.41, 5.74) is 0. The normalized spacial score (nSPS) is 13.5. The van der Waals surface area contributed by atoms with Gasteiger partial charge in [-0.2, -0.15) is 0 Å². The number of quaternary nitrogens is 1. The number of allylic oxidation sites excluding steroid dienone is 14. The molecule has 0 aliphatic carbocycles. The fourth-order valence-electron chi connectivity index (χ4n) is 7.78. The number of unbranched alkanes of at least 4 members (excludes halogenated alkanes) is 21. The second-order valence-corrected chi connectivity index (χ2v) is 19.4. The summed E-state index contributed by atoms with van der Waals surface area (Å²) in [5.74, 6) is -1.77. The minimum Gasteiger partial charge on any atom is -0.544 e. The van der Waals surface area contributed by atoms with E-state index in [1.54, 1.807) is 21.1 Å². The average Bonchev–Trinajstić information content (AvgIpc) is 3.30. The summed E-state index contributed by atoms with van der Waals surface area (Å²) in [6.07, 6.45) is 66.2. The highest BCUT2D eigenvalue weighted by Crippen LogP contribution is 2.15. The van der Waals surface area contributed by atoms with Crippen molar-refractivity contribution in [1.82, 2.24) is 0 Å². The number of carbonyl (C=O) groups excluding carboxylic acids is 3. The SMILES string of the molecule is CC/C=C/C/C=C/C/C=C/C/C=C/C/C=C/C/C=C/CCCCCCC(=O)OC(COCCC(C(=O)[O-])[N+](C)(C)C)COC(=O)CCCCCCCCC/C=C/CCCCCCCCCCCC. The third-order valence-electron chi connectivity index (χ3n) is 12.0. The Labute approximate surface area is 418 Å².